The summed E-state index contributed by atoms with van der Waals surface area (Å²) in [5.41, 5.74) is 1.82. The van der Waals surface area contributed by atoms with Gasteiger partial charge in [0.25, 0.3) is 0 Å². The van der Waals surface area contributed by atoms with E-state index >= 15 is 0 Å². The van der Waals surface area contributed by atoms with Gasteiger partial charge in [-0.3, -0.25) is 0 Å². The van der Waals surface area contributed by atoms with E-state index in [1.807, 2.05) is 12.1 Å². The number of aromatic hydroxyl groups is 1. The highest BCUT2D eigenvalue weighted by Gasteiger charge is 2.24. The topological polar surface area (TPSA) is 44.3 Å². The number of hydrogen-bond donors (Lipinski definition) is 3. The highest BCUT2D eigenvalue weighted by Crippen LogP contribution is 2.36. The minimum atomic E-state index is 0.0425. The summed E-state index contributed by atoms with van der Waals surface area (Å²) in [6.45, 7) is 5.05. The van der Waals surface area contributed by atoms with Gasteiger partial charge in [0.1, 0.15) is 11.4 Å². The molecule has 0 saturated heterocycles. The molecule has 1 aliphatic heterocycles. The summed E-state index contributed by atoms with van der Waals surface area (Å²) in [6.07, 6.45) is 0. The van der Waals surface area contributed by atoms with Crippen molar-refractivity contribution in [2.24, 2.45) is 0 Å². The first-order valence-corrected chi connectivity index (χ1v) is 4.42. The highest BCUT2D eigenvalue weighted by molar-refractivity contribution is 5.77. The third-order valence-corrected chi connectivity index (χ3v) is 2.22. The van der Waals surface area contributed by atoms with Gasteiger partial charge in [0, 0.05) is 12.1 Å². The van der Waals surface area contributed by atoms with Gasteiger partial charge < -0.3 is 15.7 Å². The Bertz CT molecular complexity index is 334. The highest BCUT2D eigenvalue weighted by atomic mass is 16.3. The Morgan fingerprint density at radius 2 is 2.15 bits per heavy atom. The van der Waals surface area contributed by atoms with E-state index in [4.69, 9.17) is 0 Å². The van der Waals surface area contributed by atoms with E-state index in [-0.39, 0.29) is 5.54 Å². The van der Waals surface area contributed by atoms with Gasteiger partial charge in [-0.1, -0.05) is 6.07 Å². The van der Waals surface area contributed by atoms with Crippen LogP contribution < -0.4 is 10.6 Å². The van der Waals surface area contributed by atoms with Gasteiger partial charge >= 0.3 is 0 Å². The zero-order chi connectivity index (χ0) is 9.47. The second-order valence-corrected chi connectivity index (χ2v) is 4.06. The number of benzene rings is 1. The van der Waals surface area contributed by atoms with Gasteiger partial charge in [-0.15, -0.1) is 0 Å². The monoisotopic (exact) mass is 178 g/mol. The number of fused-ring (bicyclic) bond motifs is 1. The Balaban J connectivity index is 2.42. The molecule has 0 aliphatic carbocycles. The molecule has 0 unspecified atom stereocenters. The predicted octanol–water partition coefficient (Wildman–Crippen LogP) is 2.01. The Morgan fingerprint density at radius 1 is 1.38 bits per heavy atom. The van der Waals surface area contributed by atoms with Crippen LogP contribution in [0.3, 0.4) is 0 Å². The quantitative estimate of drug-likeness (QED) is 0.532. The largest absolute Gasteiger partial charge is 0.506 e. The summed E-state index contributed by atoms with van der Waals surface area (Å²) in [6, 6.07) is 5.49. The molecule has 0 atom stereocenters. The second-order valence-electron chi connectivity index (χ2n) is 4.06. The molecular formula is C10H14N2O. The van der Waals surface area contributed by atoms with Gasteiger partial charge in [-0.25, -0.2) is 0 Å². The maximum atomic E-state index is 9.52. The molecule has 2 rings (SSSR count). The summed E-state index contributed by atoms with van der Waals surface area (Å²) in [4.78, 5) is 0. The molecule has 0 spiro atoms. The normalized spacial score (nSPS) is 18.3. The molecule has 1 heterocycles. The van der Waals surface area contributed by atoms with Crippen LogP contribution in [0.25, 0.3) is 0 Å². The average Bonchev–Trinajstić information content (AvgIpc) is 2.02. The first-order chi connectivity index (χ1) is 6.08. The molecule has 1 aromatic rings. The molecule has 0 aromatic heterocycles. The van der Waals surface area contributed by atoms with Gasteiger partial charge in [0.2, 0.25) is 0 Å². The standard InChI is InChI=1S/C10H14N2O/c1-10(2)6-11-9-7(12-10)4-3-5-8(9)13/h3-5,11-13H,6H2,1-2H3. The Kier molecular flexibility index (Phi) is 1.62. The Morgan fingerprint density at radius 3 is 2.92 bits per heavy atom. The third-order valence-electron chi connectivity index (χ3n) is 2.22. The minimum absolute atomic E-state index is 0.0425. The van der Waals surface area contributed by atoms with Crippen molar-refractivity contribution in [2.75, 3.05) is 17.2 Å². The third kappa shape index (κ3) is 1.41. The molecule has 1 aromatic carbocycles. The molecular weight excluding hydrogens is 164 g/mol. The van der Waals surface area contributed by atoms with Crippen LogP contribution in [0.15, 0.2) is 18.2 Å². The van der Waals surface area contributed by atoms with E-state index in [2.05, 4.69) is 24.5 Å². The predicted molar refractivity (Wildman–Crippen MR) is 54.3 cm³/mol. The first kappa shape index (κ1) is 8.23. The zero-order valence-electron chi connectivity index (χ0n) is 7.89. The molecule has 70 valence electrons. The fraction of sp³-hybridized carbons (Fsp3) is 0.400. The molecule has 1 aliphatic rings. The molecule has 0 saturated carbocycles. The van der Waals surface area contributed by atoms with Gasteiger partial charge in [0.15, 0.2) is 0 Å². The number of para-hydroxylation sites is 1. The van der Waals surface area contributed by atoms with Crippen molar-refractivity contribution >= 4 is 11.4 Å². The number of phenols is 1. The van der Waals surface area contributed by atoms with E-state index in [1.165, 1.54) is 0 Å². The van der Waals surface area contributed by atoms with Crippen LogP contribution in [0.2, 0.25) is 0 Å². The second kappa shape index (κ2) is 2.55. The number of rotatable bonds is 0. The van der Waals surface area contributed by atoms with Crippen molar-refractivity contribution in [3.8, 4) is 5.75 Å². The van der Waals surface area contributed by atoms with E-state index in [1.54, 1.807) is 6.07 Å². The summed E-state index contributed by atoms with van der Waals surface area (Å²) in [7, 11) is 0. The molecule has 3 heteroatoms. The van der Waals surface area contributed by atoms with Crippen LogP contribution in [0.4, 0.5) is 11.4 Å². The summed E-state index contributed by atoms with van der Waals surface area (Å²) < 4.78 is 0. The van der Waals surface area contributed by atoms with E-state index < -0.39 is 0 Å². The molecule has 3 nitrogen and oxygen atoms in total. The van der Waals surface area contributed by atoms with Crippen LogP contribution >= 0.6 is 0 Å². The lowest BCUT2D eigenvalue weighted by Crippen LogP contribution is -2.42. The number of phenolic OH excluding ortho intramolecular Hbond substituents is 1. The van der Waals surface area contributed by atoms with Gasteiger partial charge in [0.05, 0.1) is 5.69 Å². The van der Waals surface area contributed by atoms with Crippen molar-refractivity contribution in [1.29, 1.82) is 0 Å². The van der Waals surface area contributed by atoms with Gasteiger partial charge in [-0.05, 0) is 26.0 Å². The van der Waals surface area contributed by atoms with Crippen molar-refractivity contribution in [3.63, 3.8) is 0 Å². The zero-order valence-corrected chi connectivity index (χ0v) is 7.89. The van der Waals surface area contributed by atoms with Crippen molar-refractivity contribution in [3.05, 3.63) is 18.2 Å². The number of nitrogens with one attached hydrogen (secondary N) is 2. The van der Waals surface area contributed by atoms with Crippen molar-refractivity contribution in [2.45, 2.75) is 19.4 Å². The van der Waals surface area contributed by atoms with E-state index in [0.717, 1.165) is 17.9 Å². The maximum absolute atomic E-state index is 9.52. The summed E-state index contributed by atoms with van der Waals surface area (Å²) in [5, 5.41) is 16.1. The smallest absolute Gasteiger partial charge is 0.140 e. The lowest BCUT2D eigenvalue weighted by atomic mass is 10.0. The fourth-order valence-corrected chi connectivity index (χ4v) is 1.55. The molecule has 0 fully saturated rings. The van der Waals surface area contributed by atoms with Crippen LogP contribution in [-0.2, 0) is 0 Å². The van der Waals surface area contributed by atoms with Crippen LogP contribution in [0, 0.1) is 0 Å². The lowest BCUT2D eigenvalue weighted by Gasteiger charge is -2.34. The van der Waals surface area contributed by atoms with E-state index in [9.17, 15) is 5.11 Å². The minimum Gasteiger partial charge on any atom is -0.506 e. The SMILES string of the molecule is CC1(C)CNc2c(O)cccc2N1. The van der Waals surface area contributed by atoms with Crippen LogP contribution in [-0.4, -0.2) is 17.2 Å². The summed E-state index contributed by atoms with van der Waals surface area (Å²) >= 11 is 0. The van der Waals surface area contributed by atoms with Crippen LogP contribution in [0.1, 0.15) is 13.8 Å². The number of anilines is 2. The molecule has 0 bridgehead atoms. The van der Waals surface area contributed by atoms with E-state index in [0.29, 0.717) is 5.75 Å². The molecule has 13 heavy (non-hydrogen) atoms. The summed E-state index contributed by atoms with van der Waals surface area (Å²) in [5.74, 6) is 0.306. The Labute approximate surface area is 77.8 Å². The lowest BCUT2D eigenvalue weighted by molar-refractivity contribution is 0.474. The number of hydrogen-bond acceptors (Lipinski definition) is 3. The van der Waals surface area contributed by atoms with Crippen molar-refractivity contribution < 1.29 is 5.11 Å². The first-order valence-electron chi connectivity index (χ1n) is 4.42. The maximum Gasteiger partial charge on any atom is 0.140 e. The Hall–Kier alpha value is -1.38. The molecule has 0 radical (unpaired) electrons. The van der Waals surface area contributed by atoms with Crippen molar-refractivity contribution in [1.82, 2.24) is 0 Å². The average molecular weight is 178 g/mol. The molecule has 0 amide bonds. The van der Waals surface area contributed by atoms with Gasteiger partial charge in [-0.2, -0.15) is 0 Å². The molecule has 3 N–H and O–H groups in total. The fourth-order valence-electron chi connectivity index (χ4n) is 1.55. The van der Waals surface area contributed by atoms with Crippen LogP contribution in [0.5, 0.6) is 5.75 Å².